The molecular weight excluding hydrogens is 303 g/mol. The first-order valence-electron chi connectivity index (χ1n) is 5.30. The normalized spacial score (nSPS) is 15.7. The Morgan fingerprint density at radius 2 is 2.05 bits per heavy atom. The van der Waals surface area contributed by atoms with E-state index < -0.39 is 12.0 Å². The number of fused-ring (bicyclic) bond motifs is 1. The first kappa shape index (κ1) is 12.7. The van der Waals surface area contributed by atoms with Crippen LogP contribution in [0.5, 0.6) is 0 Å². The fraction of sp³-hybridized carbons (Fsp3) is 0.444. The van der Waals surface area contributed by atoms with Gasteiger partial charge >= 0.3 is 6.18 Å². The minimum atomic E-state index is -4.47. The van der Waals surface area contributed by atoms with Crippen molar-refractivity contribution in [2.45, 2.75) is 19.3 Å². The molecule has 1 aliphatic heterocycles. The second-order valence-electron chi connectivity index (χ2n) is 3.96. The lowest BCUT2D eigenvalue weighted by molar-refractivity contribution is -0.147. The second-order valence-corrected chi connectivity index (χ2v) is 5.19. The number of anilines is 1. The Balaban J connectivity index is 1.88. The minimum absolute atomic E-state index is 0.175. The highest BCUT2D eigenvalue weighted by molar-refractivity contribution is 7.14. The van der Waals surface area contributed by atoms with Crippen molar-refractivity contribution in [2.24, 2.45) is 0 Å². The summed E-state index contributed by atoms with van der Waals surface area (Å²) in [5.41, 5.74) is 0. The van der Waals surface area contributed by atoms with Crippen LogP contribution in [0.15, 0.2) is 5.38 Å². The highest BCUT2D eigenvalue weighted by Crippen LogP contribution is 2.31. The van der Waals surface area contributed by atoms with Crippen LogP contribution in [0, 0.1) is 0 Å². The predicted octanol–water partition coefficient (Wildman–Crippen LogP) is 2.43. The van der Waals surface area contributed by atoms with E-state index in [-0.39, 0.29) is 18.9 Å². The molecule has 0 bridgehead atoms. The molecule has 0 N–H and O–H groups in total. The molecule has 2 aromatic heterocycles. The average molecular weight is 310 g/mol. The zero-order chi connectivity index (χ0) is 13.6. The Kier molecular flexibility index (Phi) is 2.90. The first-order valence-corrected chi connectivity index (χ1v) is 6.56. The average Bonchev–Trinajstić information content (AvgIpc) is 2.92. The molecule has 0 aromatic carbocycles. The van der Waals surface area contributed by atoms with E-state index in [2.05, 4.69) is 15.2 Å². The van der Waals surface area contributed by atoms with Gasteiger partial charge in [0.25, 0.3) is 0 Å². The standard InChI is InChI=1S/C9H7ClF3N5S/c10-5-4-19-8(14-5)17-1-2-18-6(3-17)15-16-7(18)9(11,12)13/h4H,1-3H2. The van der Waals surface area contributed by atoms with Crippen molar-refractivity contribution in [2.75, 3.05) is 11.4 Å². The van der Waals surface area contributed by atoms with Gasteiger partial charge in [0, 0.05) is 18.5 Å². The molecule has 1 aliphatic rings. The van der Waals surface area contributed by atoms with Crippen LogP contribution < -0.4 is 4.90 Å². The quantitative estimate of drug-likeness (QED) is 0.811. The fourth-order valence-electron chi connectivity index (χ4n) is 1.92. The van der Waals surface area contributed by atoms with Gasteiger partial charge in [-0.3, -0.25) is 0 Å². The summed E-state index contributed by atoms with van der Waals surface area (Å²) in [5, 5.41) is 9.55. The number of nitrogens with zero attached hydrogens (tertiary/aromatic N) is 5. The van der Waals surface area contributed by atoms with Gasteiger partial charge in [0.15, 0.2) is 11.0 Å². The zero-order valence-electron chi connectivity index (χ0n) is 9.35. The van der Waals surface area contributed by atoms with E-state index >= 15 is 0 Å². The van der Waals surface area contributed by atoms with E-state index in [9.17, 15) is 13.2 Å². The molecule has 0 amide bonds. The molecular formula is C9H7ClF3N5S. The molecule has 2 aromatic rings. The van der Waals surface area contributed by atoms with E-state index in [4.69, 9.17) is 11.6 Å². The number of aromatic nitrogens is 4. The second kappa shape index (κ2) is 4.34. The molecule has 0 fully saturated rings. The van der Waals surface area contributed by atoms with Crippen LogP contribution in [-0.4, -0.2) is 26.3 Å². The van der Waals surface area contributed by atoms with Crippen LogP contribution in [-0.2, 0) is 19.3 Å². The lowest BCUT2D eigenvalue weighted by Gasteiger charge is -2.27. The van der Waals surface area contributed by atoms with E-state index in [0.717, 1.165) is 4.57 Å². The predicted molar refractivity (Wildman–Crippen MR) is 63.2 cm³/mol. The molecule has 19 heavy (non-hydrogen) atoms. The topological polar surface area (TPSA) is 46.8 Å². The third kappa shape index (κ3) is 2.27. The maximum absolute atomic E-state index is 12.7. The fourth-order valence-corrected chi connectivity index (χ4v) is 2.90. The summed E-state index contributed by atoms with van der Waals surface area (Å²) < 4.78 is 39.1. The third-order valence-electron chi connectivity index (χ3n) is 2.74. The zero-order valence-corrected chi connectivity index (χ0v) is 10.9. The Morgan fingerprint density at radius 3 is 2.68 bits per heavy atom. The van der Waals surface area contributed by atoms with Crippen LogP contribution in [0.3, 0.4) is 0 Å². The highest BCUT2D eigenvalue weighted by atomic mass is 35.5. The van der Waals surface area contributed by atoms with Gasteiger partial charge < -0.3 is 9.47 Å². The van der Waals surface area contributed by atoms with Crippen LogP contribution in [0.2, 0.25) is 5.15 Å². The Morgan fingerprint density at radius 1 is 1.26 bits per heavy atom. The molecule has 5 nitrogen and oxygen atoms in total. The number of rotatable bonds is 1. The molecule has 0 saturated heterocycles. The van der Waals surface area contributed by atoms with Crippen molar-refractivity contribution in [3.63, 3.8) is 0 Å². The van der Waals surface area contributed by atoms with Crippen LogP contribution in [0.1, 0.15) is 11.6 Å². The van der Waals surface area contributed by atoms with Crippen LogP contribution in [0.25, 0.3) is 0 Å². The molecule has 0 spiro atoms. The van der Waals surface area contributed by atoms with Crippen molar-refractivity contribution < 1.29 is 13.2 Å². The van der Waals surface area contributed by atoms with Gasteiger partial charge in [-0.25, -0.2) is 4.98 Å². The minimum Gasteiger partial charge on any atom is -0.339 e. The van der Waals surface area contributed by atoms with E-state index in [1.165, 1.54) is 11.3 Å². The van der Waals surface area contributed by atoms with Crippen molar-refractivity contribution in [1.82, 2.24) is 19.7 Å². The summed E-state index contributed by atoms with van der Waals surface area (Å²) >= 11 is 7.08. The van der Waals surface area contributed by atoms with Gasteiger partial charge in [-0.05, 0) is 0 Å². The monoisotopic (exact) mass is 309 g/mol. The van der Waals surface area contributed by atoms with Crippen molar-refractivity contribution in [3.8, 4) is 0 Å². The van der Waals surface area contributed by atoms with Crippen molar-refractivity contribution in [3.05, 3.63) is 22.2 Å². The van der Waals surface area contributed by atoms with Crippen LogP contribution in [0.4, 0.5) is 18.3 Å². The third-order valence-corrected chi connectivity index (χ3v) is 3.97. The van der Waals surface area contributed by atoms with E-state index in [1.807, 2.05) is 4.90 Å². The number of halogens is 4. The SMILES string of the molecule is FC(F)(F)c1nnc2n1CCN(c1nc(Cl)cs1)C2. The van der Waals surface area contributed by atoms with Gasteiger partial charge in [-0.1, -0.05) is 11.6 Å². The van der Waals surface area contributed by atoms with Gasteiger partial charge in [0.05, 0.1) is 6.54 Å². The number of thiazole rings is 1. The highest BCUT2D eigenvalue weighted by Gasteiger charge is 2.39. The molecule has 0 atom stereocenters. The van der Waals surface area contributed by atoms with Gasteiger partial charge in [-0.2, -0.15) is 13.2 Å². The van der Waals surface area contributed by atoms with Gasteiger partial charge in [0.2, 0.25) is 5.82 Å². The van der Waals surface area contributed by atoms with Gasteiger partial charge in [-0.15, -0.1) is 21.5 Å². The Labute approximate surface area is 114 Å². The molecule has 3 heterocycles. The van der Waals surface area contributed by atoms with Crippen molar-refractivity contribution >= 4 is 28.1 Å². The summed E-state index contributed by atoms with van der Waals surface area (Å²) in [5.74, 6) is -0.663. The Hall–Kier alpha value is -1.35. The summed E-state index contributed by atoms with van der Waals surface area (Å²) in [6.07, 6.45) is -4.47. The summed E-state index contributed by atoms with van der Waals surface area (Å²) in [6, 6.07) is 0. The lowest BCUT2D eigenvalue weighted by atomic mass is 10.3. The van der Waals surface area contributed by atoms with E-state index in [1.54, 1.807) is 5.38 Å². The van der Waals surface area contributed by atoms with Crippen molar-refractivity contribution in [1.29, 1.82) is 0 Å². The number of alkyl halides is 3. The largest absolute Gasteiger partial charge is 0.451 e. The lowest BCUT2D eigenvalue weighted by Crippen LogP contribution is -2.35. The molecule has 10 heteroatoms. The summed E-state index contributed by atoms with van der Waals surface area (Å²) in [6.45, 7) is 0.833. The molecule has 0 radical (unpaired) electrons. The maximum atomic E-state index is 12.7. The molecule has 3 rings (SSSR count). The molecule has 0 aliphatic carbocycles. The maximum Gasteiger partial charge on any atom is 0.451 e. The summed E-state index contributed by atoms with van der Waals surface area (Å²) in [4.78, 5) is 5.93. The molecule has 0 saturated carbocycles. The summed E-state index contributed by atoms with van der Waals surface area (Å²) in [7, 11) is 0. The van der Waals surface area contributed by atoms with Gasteiger partial charge in [0.1, 0.15) is 5.15 Å². The smallest absolute Gasteiger partial charge is 0.339 e. The van der Waals surface area contributed by atoms with Crippen LogP contribution >= 0.6 is 22.9 Å². The molecule has 0 unspecified atom stereocenters. The molecule has 102 valence electrons. The first-order chi connectivity index (χ1) is 8.95. The van der Waals surface area contributed by atoms with E-state index in [0.29, 0.717) is 16.8 Å². The Bertz CT molecular complexity index is 607. The number of hydrogen-bond acceptors (Lipinski definition) is 5. The number of hydrogen-bond donors (Lipinski definition) is 0.